The highest BCUT2D eigenvalue weighted by molar-refractivity contribution is 5.79. The summed E-state index contributed by atoms with van der Waals surface area (Å²) in [6, 6.07) is 0. The van der Waals surface area contributed by atoms with Gasteiger partial charge in [-0.1, -0.05) is 19.1 Å². The monoisotopic (exact) mass is 536 g/mol. The van der Waals surface area contributed by atoms with Gasteiger partial charge in [-0.05, 0) is 43.3 Å². The van der Waals surface area contributed by atoms with Crippen molar-refractivity contribution in [2.75, 3.05) is 19.8 Å². The second kappa shape index (κ2) is 17.5. The molecule has 0 spiro atoms. The molecule has 0 amide bonds. The average Bonchev–Trinajstić information content (AvgIpc) is 3.19. The van der Waals surface area contributed by atoms with E-state index < -0.39 is 35.8 Å². The Morgan fingerprint density at radius 2 is 1.37 bits per heavy atom. The van der Waals surface area contributed by atoms with Gasteiger partial charge in [0.05, 0.1) is 19.4 Å². The van der Waals surface area contributed by atoms with Crippen LogP contribution in [0.1, 0.15) is 52.9 Å². The maximum absolute atomic E-state index is 12.7. The Balaban J connectivity index is 2.96. The summed E-state index contributed by atoms with van der Waals surface area (Å²) in [6.45, 7) is 4.43. The molecule has 212 valence electrons. The van der Waals surface area contributed by atoms with E-state index >= 15 is 0 Å². The van der Waals surface area contributed by atoms with E-state index in [0.29, 0.717) is 42.7 Å². The molecule has 1 fully saturated rings. The van der Waals surface area contributed by atoms with Gasteiger partial charge in [0, 0.05) is 49.7 Å². The van der Waals surface area contributed by atoms with E-state index in [2.05, 4.69) is 0 Å². The molecule has 0 aromatic carbocycles. The number of ether oxygens (including phenoxy) is 2. The molecule has 0 aromatic rings. The highest BCUT2D eigenvalue weighted by Gasteiger charge is 2.46. The minimum atomic E-state index is -0.599. The molecule has 0 aromatic heterocycles. The lowest BCUT2D eigenvalue weighted by atomic mass is 9.82. The molecule has 38 heavy (non-hydrogen) atoms. The lowest BCUT2D eigenvalue weighted by molar-refractivity contribution is -0.153. The van der Waals surface area contributed by atoms with Crippen LogP contribution in [-0.4, -0.2) is 73.2 Å². The zero-order chi connectivity index (χ0) is 28.7. The summed E-state index contributed by atoms with van der Waals surface area (Å²) in [7, 11) is 0. The summed E-state index contributed by atoms with van der Waals surface area (Å²) in [4.78, 5) is 69.9. The van der Waals surface area contributed by atoms with Crippen molar-refractivity contribution >= 4 is 37.1 Å². The first-order valence-electron chi connectivity index (χ1n) is 12.9. The molecule has 0 aliphatic heterocycles. The van der Waals surface area contributed by atoms with Gasteiger partial charge in [-0.15, -0.1) is 0 Å². The number of hydrogen-bond donors (Lipinski definition) is 2. The van der Waals surface area contributed by atoms with Gasteiger partial charge in [-0.3, -0.25) is 19.2 Å². The van der Waals surface area contributed by atoms with Gasteiger partial charge in [0.15, 0.2) is 0 Å². The Kier molecular flexibility index (Phi) is 15.2. The second-order valence-electron chi connectivity index (χ2n) is 9.68. The minimum Gasteiger partial charge on any atom is -0.465 e. The molecule has 10 nitrogen and oxygen atoms in total. The first-order valence-corrected chi connectivity index (χ1v) is 12.9. The van der Waals surface area contributed by atoms with Crippen molar-refractivity contribution in [1.82, 2.24) is 0 Å². The molecular weight excluding hydrogens is 496 g/mol. The zero-order valence-electron chi connectivity index (χ0n) is 22.3. The van der Waals surface area contributed by atoms with Crippen LogP contribution in [0.15, 0.2) is 23.3 Å². The second-order valence-corrected chi connectivity index (χ2v) is 9.68. The Hall–Kier alpha value is -2.98. The standard InChI is InChI=1S/C28H40O10/c1-4-19(13-31)21(6-8-29)10-27(35)37-17-25-18(3)26(12-24(25)23(15-33)16-34)38-28(36)11-22(7-9-30)20(5-2)14-32/h4-5,8-9,13-14,18,21-26,33-34H,6-7,10-12,15-17H2,1-3H3/b19-4-,20-5-/t18-,21-,22-,24+,25-,26-/m1/s1. The number of carbonyl (C=O) groups excluding carboxylic acids is 6. The molecule has 0 heterocycles. The lowest BCUT2D eigenvalue weighted by Crippen LogP contribution is -2.31. The summed E-state index contributed by atoms with van der Waals surface area (Å²) < 4.78 is 11.2. The number of aldehydes is 4. The molecule has 1 aliphatic carbocycles. The molecule has 1 saturated carbocycles. The molecule has 0 saturated heterocycles. The van der Waals surface area contributed by atoms with E-state index in [-0.39, 0.29) is 63.3 Å². The third kappa shape index (κ3) is 9.40. The van der Waals surface area contributed by atoms with Crippen LogP contribution in [0.3, 0.4) is 0 Å². The fraction of sp³-hybridized carbons (Fsp3) is 0.643. The van der Waals surface area contributed by atoms with Crippen LogP contribution in [0, 0.1) is 35.5 Å². The highest BCUT2D eigenvalue weighted by Crippen LogP contribution is 2.43. The number of aliphatic hydroxyl groups is 2. The van der Waals surface area contributed by atoms with Crippen molar-refractivity contribution in [2.24, 2.45) is 35.5 Å². The van der Waals surface area contributed by atoms with Crippen molar-refractivity contribution in [1.29, 1.82) is 0 Å². The fourth-order valence-corrected chi connectivity index (χ4v) is 5.20. The fourth-order valence-electron chi connectivity index (χ4n) is 5.20. The molecule has 0 unspecified atom stereocenters. The topological polar surface area (TPSA) is 161 Å². The molecule has 1 rings (SSSR count). The van der Waals surface area contributed by atoms with Crippen LogP contribution >= 0.6 is 0 Å². The first-order chi connectivity index (χ1) is 18.2. The maximum Gasteiger partial charge on any atom is 0.306 e. The zero-order valence-corrected chi connectivity index (χ0v) is 22.3. The molecule has 6 atom stereocenters. The summed E-state index contributed by atoms with van der Waals surface area (Å²) in [5, 5.41) is 19.6. The quantitative estimate of drug-likeness (QED) is 0.150. The van der Waals surface area contributed by atoms with Crippen LogP contribution in [0.2, 0.25) is 0 Å². The average molecular weight is 537 g/mol. The van der Waals surface area contributed by atoms with Crippen molar-refractivity contribution in [3.8, 4) is 0 Å². The number of esters is 2. The Morgan fingerprint density at radius 1 is 0.868 bits per heavy atom. The Labute approximate surface area is 223 Å². The van der Waals surface area contributed by atoms with Gasteiger partial charge in [0.2, 0.25) is 0 Å². The Bertz CT molecular complexity index is 873. The molecule has 2 N–H and O–H groups in total. The van der Waals surface area contributed by atoms with Gasteiger partial charge in [-0.25, -0.2) is 0 Å². The summed E-state index contributed by atoms with van der Waals surface area (Å²) in [5.41, 5.74) is 0.664. The normalized spacial score (nSPS) is 23.4. The minimum absolute atomic E-state index is 0.00380. The number of aliphatic hydroxyl groups excluding tert-OH is 2. The number of carbonyl (C=O) groups is 6. The van der Waals surface area contributed by atoms with Gasteiger partial charge in [-0.2, -0.15) is 0 Å². The first kappa shape index (κ1) is 33.0. The van der Waals surface area contributed by atoms with Gasteiger partial charge < -0.3 is 29.3 Å². The van der Waals surface area contributed by atoms with E-state index in [1.807, 2.05) is 6.92 Å². The van der Waals surface area contributed by atoms with E-state index in [1.165, 1.54) is 0 Å². The summed E-state index contributed by atoms with van der Waals surface area (Å²) in [5.74, 6) is -3.84. The van der Waals surface area contributed by atoms with Gasteiger partial charge >= 0.3 is 11.9 Å². The van der Waals surface area contributed by atoms with Gasteiger partial charge in [0.25, 0.3) is 0 Å². The van der Waals surface area contributed by atoms with E-state index in [4.69, 9.17) is 9.47 Å². The largest absolute Gasteiger partial charge is 0.465 e. The van der Waals surface area contributed by atoms with E-state index in [1.54, 1.807) is 26.0 Å². The van der Waals surface area contributed by atoms with Crippen molar-refractivity contribution in [2.45, 2.75) is 59.0 Å². The van der Waals surface area contributed by atoms with Gasteiger partial charge in [0.1, 0.15) is 31.2 Å². The van der Waals surface area contributed by atoms with Crippen LogP contribution in [0.4, 0.5) is 0 Å². The van der Waals surface area contributed by atoms with Crippen LogP contribution < -0.4 is 0 Å². The van der Waals surface area contributed by atoms with Crippen LogP contribution in [-0.2, 0) is 38.2 Å². The van der Waals surface area contributed by atoms with Crippen molar-refractivity contribution in [3.63, 3.8) is 0 Å². The lowest BCUT2D eigenvalue weighted by Gasteiger charge is -2.27. The smallest absolute Gasteiger partial charge is 0.306 e. The molecule has 1 aliphatic rings. The highest BCUT2D eigenvalue weighted by atomic mass is 16.5. The van der Waals surface area contributed by atoms with Crippen LogP contribution in [0.25, 0.3) is 0 Å². The van der Waals surface area contributed by atoms with Crippen molar-refractivity contribution in [3.05, 3.63) is 23.3 Å². The third-order valence-electron chi connectivity index (χ3n) is 7.58. The molecule has 10 heteroatoms. The number of allylic oxidation sites excluding steroid dienone is 4. The van der Waals surface area contributed by atoms with Crippen molar-refractivity contribution < 1.29 is 48.5 Å². The Morgan fingerprint density at radius 3 is 1.79 bits per heavy atom. The maximum atomic E-state index is 12.7. The number of rotatable bonds is 18. The molecular formula is C28H40O10. The summed E-state index contributed by atoms with van der Waals surface area (Å²) >= 11 is 0. The van der Waals surface area contributed by atoms with E-state index in [9.17, 15) is 39.0 Å². The SMILES string of the molecule is C/C=C(/C=O)[C@H](CC=O)CC(=O)OC[C@@H]1[C@@H](C)[C@H](OC(=O)C[C@@H](CC=O)/C(C=O)=C\C)C[C@H]1C(CO)CO. The van der Waals surface area contributed by atoms with Crippen LogP contribution in [0.5, 0.6) is 0 Å². The number of hydrogen-bond acceptors (Lipinski definition) is 10. The predicted molar refractivity (Wildman–Crippen MR) is 136 cm³/mol. The molecule has 0 radical (unpaired) electrons. The summed E-state index contributed by atoms with van der Waals surface area (Å²) in [6.07, 6.45) is 5.01. The predicted octanol–water partition coefficient (Wildman–Crippen LogP) is 1.80. The third-order valence-corrected chi connectivity index (χ3v) is 7.58. The molecule has 0 bridgehead atoms. The van der Waals surface area contributed by atoms with E-state index in [0.717, 1.165) is 0 Å².